The first-order valence-electron chi connectivity index (χ1n) is 5.84. The van der Waals surface area contributed by atoms with Crippen LogP contribution in [0.25, 0.3) is 0 Å². The van der Waals surface area contributed by atoms with Gasteiger partial charge in [-0.2, -0.15) is 0 Å². The number of carboxylic acids is 1. The second kappa shape index (κ2) is 7.35. The Balaban J connectivity index is 2.46. The molecule has 0 saturated carbocycles. The Morgan fingerprint density at radius 3 is 2.74 bits per heavy atom. The van der Waals surface area contributed by atoms with E-state index in [1.165, 1.54) is 13.2 Å². The summed E-state index contributed by atoms with van der Waals surface area (Å²) in [6.07, 6.45) is 0.369. The molecule has 0 radical (unpaired) electrons. The molecular weight excluding hydrogens is 253 g/mol. The minimum atomic E-state index is -0.966. The van der Waals surface area contributed by atoms with Gasteiger partial charge in [-0.3, -0.25) is 9.59 Å². The number of carbonyl (C=O) groups is 2. The van der Waals surface area contributed by atoms with Gasteiger partial charge in [0.25, 0.3) is 0 Å². The van der Waals surface area contributed by atoms with Gasteiger partial charge in [0, 0.05) is 13.0 Å². The van der Waals surface area contributed by atoms with Crippen molar-refractivity contribution < 1.29 is 23.8 Å². The van der Waals surface area contributed by atoms with Crippen molar-refractivity contribution in [1.29, 1.82) is 0 Å². The van der Waals surface area contributed by atoms with E-state index >= 15 is 0 Å². The predicted octanol–water partition coefficient (Wildman–Crippen LogP) is 1.36. The second-order valence-electron chi connectivity index (χ2n) is 3.93. The SMILES string of the molecule is COc1c(F)cccc1CCC(=O)NCCC(=O)O. The van der Waals surface area contributed by atoms with Crippen molar-refractivity contribution in [3.8, 4) is 5.75 Å². The third kappa shape index (κ3) is 4.95. The molecule has 5 nitrogen and oxygen atoms in total. The van der Waals surface area contributed by atoms with Gasteiger partial charge in [0.2, 0.25) is 5.91 Å². The fraction of sp³-hybridized carbons (Fsp3) is 0.385. The number of amides is 1. The number of hydrogen-bond acceptors (Lipinski definition) is 3. The van der Waals surface area contributed by atoms with Crippen LogP contribution in [0, 0.1) is 5.82 Å². The van der Waals surface area contributed by atoms with Crippen molar-refractivity contribution in [2.45, 2.75) is 19.3 Å². The highest BCUT2D eigenvalue weighted by molar-refractivity contribution is 5.77. The van der Waals surface area contributed by atoms with Crippen LogP contribution >= 0.6 is 0 Å². The molecule has 0 atom stereocenters. The predicted molar refractivity (Wildman–Crippen MR) is 66.5 cm³/mol. The minimum absolute atomic E-state index is 0.0917. The quantitative estimate of drug-likeness (QED) is 0.783. The molecule has 1 aromatic carbocycles. The van der Waals surface area contributed by atoms with Gasteiger partial charge in [-0.1, -0.05) is 12.1 Å². The zero-order valence-corrected chi connectivity index (χ0v) is 10.6. The molecule has 1 amide bonds. The maximum absolute atomic E-state index is 13.4. The number of benzene rings is 1. The van der Waals surface area contributed by atoms with Crippen molar-refractivity contribution >= 4 is 11.9 Å². The molecule has 0 bridgehead atoms. The zero-order valence-electron chi connectivity index (χ0n) is 10.6. The Morgan fingerprint density at radius 1 is 1.37 bits per heavy atom. The van der Waals surface area contributed by atoms with Crippen LogP contribution in [0.2, 0.25) is 0 Å². The summed E-state index contributed by atoms with van der Waals surface area (Å²) in [7, 11) is 1.37. The molecule has 0 saturated heterocycles. The molecule has 0 aromatic heterocycles. The lowest BCUT2D eigenvalue weighted by atomic mass is 10.1. The van der Waals surface area contributed by atoms with E-state index in [0.717, 1.165) is 0 Å². The topological polar surface area (TPSA) is 75.6 Å². The Hall–Kier alpha value is -2.11. The average molecular weight is 269 g/mol. The zero-order chi connectivity index (χ0) is 14.3. The van der Waals surface area contributed by atoms with E-state index in [-0.39, 0.29) is 31.0 Å². The number of halogens is 1. The standard InChI is InChI=1S/C13H16FNO4/c1-19-13-9(3-2-4-10(13)14)5-6-11(16)15-8-7-12(17)18/h2-4H,5-8H2,1H3,(H,15,16)(H,17,18). The fourth-order valence-electron chi connectivity index (χ4n) is 1.62. The van der Waals surface area contributed by atoms with Crippen LogP contribution in [0.4, 0.5) is 4.39 Å². The molecule has 0 fully saturated rings. The van der Waals surface area contributed by atoms with Crippen LogP contribution < -0.4 is 10.1 Å². The van der Waals surface area contributed by atoms with E-state index in [9.17, 15) is 14.0 Å². The number of nitrogens with one attached hydrogen (secondary N) is 1. The molecule has 1 rings (SSSR count). The molecule has 0 aliphatic carbocycles. The number of carboxylic acid groups (broad SMARTS) is 1. The first kappa shape index (κ1) is 14.9. The monoisotopic (exact) mass is 269 g/mol. The summed E-state index contributed by atoms with van der Waals surface area (Å²) >= 11 is 0. The van der Waals surface area contributed by atoms with Crippen LogP contribution in [-0.4, -0.2) is 30.6 Å². The first-order valence-corrected chi connectivity index (χ1v) is 5.84. The number of hydrogen-bond donors (Lipinski definition) is 2. The maximum Gasteiger partial charge on any atom is 0.305 e. The summed E-state index contributed by atoms with van der Waals surface area (Å²) in [6, 6.07) is 4.53. The molecule has 1 aromatic rings. The van der Waals surface area contributed by atoms with E-state index in [1.54, 1.807) is 12.1 Å². The van der Waals surface area contributed by atoms with Crippen molar-refractivity contribution in [2.24, 2.45) is 0 Å². The normalized spacial score (nSPS) is 10.0. The summed E-state index contributed by atoms with van der Waals surface area (Å²) < 4.78 is 18.3. The molecule has 6 heteroatoms. The number of aliphatic carboxylic acids is 1. The van der Waals surface area contributed by atoms with Crippen molar-refractivity contribution in [3.05, 3.63) is 29.6 Å². The Labute approximate surface area is 110 Å². The summed E-state index contributed by atoms with van der Waals surface area (Å²) in [5.74, 6) is -1.56. The largest absolute Gasteiger partial charge is 0.493 e. The van der Waals surface area contributed by atoms with Crippen LogP contribution in [-0.2, 0) is 16.0 Å². The number of ether oxygens (including phenoxy) is 1. The van der Waals surface area contributed by atoms with Crippen molar-refractivity contribution in [2.75, 3.05) is 13.7 Å². The highest BCUT2D eigenvalue weighted by Crippen LogP contribution is 2.23. The highest BCUT2D eigenvalue weighted by Gasteiger charge is 2.10. The average Bonchev–Trinajstić information content (AvgIpc) is 2.36. The van der Waals surface area contributed by atoms with E-state index in [4.69, 9.17) is 9.84 Å². The number of aryl methyl sites for hydroxylation is 1. The number of rotatable bonds is 7. The van der Waals surface area contributed by atoms with Crippen LogP contribution in [0.1, 0.15) is 18.4 Å². The molecule has 0 aliphatic rings. The van der Waals surface area contributed by atoms with Gasteiger partial charge < -0.3 is 15.2 Å². The van der Waals surface area contributed by atoms with Crippen LogP contribution in [0.5, 0.6) is 5.75 Å². The number of carbonyl (C=O) groups excluding carboxylic acids is 1. The van der Waals surface area contributed by atoms with E-state index in [1.807, 2.05) is 0 Å². The van der Waals surface area contributed by atoms with E-state index in [2.05, 4.69) is 5.32 Å². The smallest absolute Gasteiger partial charge is 0.305 e. The maximum atomic E-state index is 13.4. The van der Waals surface area contributed by atoms with Gasteiger partial charge in [-0.15, -0.1) is 0 Å². The first-order chi connectivity index (χ1) is 9.04. The van der Waals surface area contributed by atoms with Crippen LogP contribution in [0.15, 0.2) is 18.2 Å². The fourth-order valence-corrected chi connectivity index (χ4v) is 1.62. The molecule has 0 unspecified atom stereocenters. The van der Waals surface area contributed by atoms with E-state index in [0.29, 0.717) is 12.0 Å². The van der Waals surface area contributed by atoms with Gasteiger partial charge in [0.1, 0.15) is 0 Å². The van der Waals surface area contributed by atoms with Crippen molar-refractivity contribution in [1.82, 2.24) is 5.32 Å². The van der Waals surface area contributed by atoms with Gasteiger partial charge in [0.05, 0.1) is 13.5 Å². The summed E-state index contributed by atoms with van der Waals surface area (Å²) in [5, 5.41) is 10.9. The summed E-state index contributed by atoms with van der Waals surface area (Å²) in [4.78, 5) is 21.7. The van der Waals surface area contributed by atoms with Gasteiger partial charge in [-0.25, -0.2) is 4.39 Å². The molecular formula is C13H16FNO4. The lowest BCUT2D eigenvalue weighted by molar-refractivity contribution is -0.136. The Morgan fingerprint density at radius 2 is 2.11 bits per heavy atom. The molecule has 19 heavy (non-hydrogen) atoms. The molecule has 0 aliphatic heterocycles. The van der Waals surface area contributed by atoms with E-state index < -0.39 is 11.8 Å². The number of para-hydroxylation sites is 1. The summed E-state index contributed by atoms with van der Waals surface area (Å²) in [6.45, 7) is 0.0917. The summed E-state index contributed by atoms with van der Waals surface area (Å²) in [5.41, 5.74) is 0.607. The Kier molecular flexibility index (Phi) is 5.78. The van der Waals surface area contributed by atoms with Gasteiger partial charge >= 0.3 is 5.97 Å². The lowest BCUT2D eigenvalue weighted by Crippen LogP contribution is -2.26. The molecule has 104 valence electrons. The minimum Gasteiger partial charge on any atom is -0.493 e. The number of methoxy groups -OCH3 is 1. The van der Waals surface area contributed by atoms with Crippen molar-refractivity contribution in [3.63, 3.8) is 0 Å². The molecule has 0 spiro atoms. The van der Waals surface area contributed by atoms with Gasteiger partial charge in [-0.05, 0) is 18.1 Å². The second-order valence-corrected chi connectivity index (χ2v) is 3.93. The third-order valence-corrected chi connectivity index (χ3v) is 2.54. The molecule has 0 heterocycles. The lowest BCUT2D eigenvalue weighted by Gasteiger charge is -2.09. The highest BCUT2D eigenvalue weighted by atomic mass is 19.1. The molecule has 2 N–H and O–H groups in total. The van der Waals surface area contributed by atoms with Crippen LogP contribution in [0.3, 0.4) is 0 Å². The third-order valence-electron chi connectivity index (χ3n) is 2.54. The Bertz CT molecular complexity index is 462. The van der Waals surface area contributed by atoms with Gasteiger partial charge in [0.15, 0.2) is 11.6 Å².